The summed E-state index contributed by atoms with van der Waals surface area (Å²) in [4.78, 5) is 27.5. The molecule has 3 rings (SSSR count). The van der Waals surface area contributed by atoms with E-state index in [4.69, 9.17) is 5.11 Å². The molecular formula is C17H12N2O5S. The van der Waals surface area contributed by atoms with Gasteiger partial charge in [0.05, 0.1) is 16.2 Å². The highest BCUT2D eigenvalue weighted by Crippen LogP contribution is 2.30. The van der Waals surface area contributed by atoms with E-state index in [0.29, 0.717) is 21.3 Å². The van der Waals surface area contributed by atoms with Gasteiger partial charge in [0, 0.05) is 0 Å². The van der Waals surface area contributed by atoms with Crippen molar-refractivity contribution >= 4 is 40.6 Å². The molecule has 0 atom stereocenters. The van der Waals surface area contributed by atoms with Crippen LogP contribution < -0.4 is 5.32 Å². The maximum Gasteiger partial charge on any atom is 0.335 e. The van der Waals surface area contributed by atoms with Gasteiger partial charge in [-0.1, -0.05) is 6.07 Å². The Hall–Kier alpha value is -3.26. The van der Waals surface area contributed by atoms with Crippen LogP contribution in [0, 0.1) is 0 Å². The second kappa shape index (κ2) is 6.70. The number of phenolic OH excluding ortho intramolecular Hbond substituents is 2. The summed E-state index contributed by atoms with van der Waals surface area (Å²) in [5.41, 5.74) is 1.22. The number of amides is 1. The summed E-state index contributed by atoms with van der Waals surface area (Å²) in [5, 5.41) is 30.6. The van der Waals surface area contributed by atoms with Crippen LogP contribution in [0.5, 0.6) is 11.5 Å². The molecule has 8 heteroatoms. The number of phenols is 2. The number of nitrogens with one attached hydrogen (secondary N) is 1. The van der Waals surface area contributed by atoms with Crippen molar-refractivity contribution in [2.75, 3.05) is 0 Å². The number of carbonyl (C=O) groups is 2. The first-order chi connectivity index (χ1) is 11.9. The summed E-state index contributed by atoms with van der Waals surface area (Å²) in [5.74, 6) is -1.87. The van der Waals surface area contributed by atoms with E-state index >= 15 is 0 Å². The SMILES string of the molecule is O=C1NC(=Nc2ccc(C(=O)O)cc2)S/C1=C\c1ccc(O)c(O)c1. The predicted octanol–water partition coefficient (Wildman–Crippen LogP) is 2.69. The number of benzene rings is 2. The third-order valence-electron chi connectivity index (χ3n) is 3.29. The average Bonchev–Trinajstić information content (AvgIpc) is 2.91. The van der Waals surface area contributed by atoms with Crippen molar-refractivity contribution in [3.8, 4) is 11.5 Å². The second-order valence-electron chi connectivity index (χ2n) is 5.08. The summed E-state index contributed by atoms with van der Waals surface area (Å²) in [6, 6.07) is 10.2. The normalized spacial score (nSPS) is 17.0. The molecule has 0 spiro atoms. The first-order valence-electron chi connectivity index (χ1n) is 7.07. The van der Waals surface area contributed by atoms with Gasteiger partial charge in [-0.2, -0.15) is 0 Å². The zero-order chi connectivity index (χ0) is 18.0. The minimum Gasteiger partial charge on any atom is -0.504 e. The zero-order valence-electron chi connectivity index (χ0n) is 12.6. The molecule has 1 aliphatic heterocycles. The lowest BCUT2D eigenvalue weighted by Crippen LogP contribution is -2.19. The van der Waals surface area contributed by atoms with Gasteiger partial charge in [-0.3, -0.25) is 4.79 Å². The summed E-state index contributed by atoms with van der Waals surface area (Å²) in [7, 11) is 0. The van der Waals surface area contributed by atoms with E-state index in [1.807, 2.05) is 0 Å². The summed E-state index contributed by atoms with van der Waals surface area (Å²) in [6.07, 6.45) is 1.56. The number of hydrogen-bond donors (Lipinski definition) is 4. The molecule has 0 saturated carbocycles. The first kappa shape index (κ1) is 16.6. The van der Waals surface area contributed by atoms with Gasteiger partial charge in [-0.05, 0) is 59.8 Å². The quantitative estimate of drug-likeness (QED) is 0.496. The maximum absolute atomic E-state index is 12.0. The summed E-state index contributed by atoms with van der Waals surface area (Å²) < 4.78 is 0. The van der Waals surface area contributed by atoms with Crippen LogP contribution in [0.2, 0.25) is 0 Å². The van der Waals surface area contributed by atoms with Crippen LogP contribution in [0.1, 0.15) is 15.9 Å². The van der Waals surface area contributed by atoms with Gasteiger partial charge >= 0.3 is 5.97 Å². The lowest BCUT2D eigenvalue weighted by molar-refractivity contribution is -0.115. The summed E-state index contributed by atoms with van der Waals surface area (Å²) in [6.45, 7) is 0. The van der Waals surface area contributed by atoms with E-state index < -0.39 is 5.97 Å². The lowest BCUT2D eigenvalue weighted by atomic mass is 10.2. The number of carbonyl (C=O) groups excluding carboxylic acids is 1. The number of carboxylic acids is 1. The number of aliphatic imine (C=N–C) groups is 1. The van der Waals surface area contributed by atoms with Crippen molar-refractivity contribution in [2.24, 2.45) is 4.99 Å². The molecule has 0 radical (unpaired) electrons. The number of aromatic carboxylic acids is 1. The molecule has 0 aromatic heterocycles. The van der Waals surface area contributed by atoms with Gasteiger partial charge in [0.25, 0.3) is 5.91 Å². The van der Waals surface area contributed by atoms with Crippen LogP contribution in [0.3, 0.4) is 0 Å². The molecule has 0 unspecified atom stereocenters. The molecule has 0 aliphatic carbocycles. The van der Waals surface area contributed by atoms with Crippen molar-refractivity contribution in [3.63, 3.8) is 0 Å². The highest BCUT2D eigenvalue weighted by Gasteiger charge is 2.23. The molecule has 126 valence electrons. The molecule has 1 heterocycles. The Labute approximate surface area is 146 Å². The Kier molecular flexibility index (Phi) is 4.44. The third kappa shape index (κ3) is 3.81. The Bertz CT molecular complexity index is 919. The van der Waals surface area contributed by atoms with Gasteiger partial charge in [-0.25, -0.2) is 9.79 Å². The molecule has 2 aromatic rings. The van der Waals surface area contributed by atoms with E-state index in [2.05, 4.69) is 10.3 Å². The Morgan fingerprint density at radius 2 is 1.80 bits per heavy atom. The van der Waals surface area contributed by atoms with Gasteiger partial charge in [-0.15, -0.1) is 0 Å². The first-order valence-corrected chi connectivity index (χ1v) is 7.89. The van der Waals surface area contributed by atoms with E-state index in [9.17, 15) is 19.8 Å². The molecule has 1 aliphatic rings. The Morgan fingerprint density at radius 3 is 2.44 bits per heavy atom. The number of hydrogen-bond acceptors (Lipinski definition) is 6. The number of nitrogens with zero attached hydrogens (tertiary/aromatic N) is 1. The standard InChI is InChI=1S/C17H12N2O5S/c20-12-6-1-9(7-13(12)21)8-14-15(22)19-17(25-14)18-11-4-2-10(3-5-11)16(23)24/h1-8,20-21H,(H,23,24)(H,18,19,22)/b14-8-. The molecule has 25 heavy (non-hydrogen) atoms. The molecule has 0 bridgehead atoms. The predicted molar refractivity (Wildman–Crippen MR) is 94.0 cm³/mol. The Morgan fingerprint density at radius 1 is 1.08 bits per heavy atom. The lowest BCUT2D eigenvalue weighted by Gasteiger charge is -1.99. The van der Waals surface area contributed by atoms with Crippen LogP contribution in [0.25, 0.3) is 6.08 Å². The number of thioether (sulfide) groups is 1. The van der Waals surface area contributed by atoms with Gasteiger partial charge in [0.2, 0.25) is 0 Å². The fourth-order valence-electron chi connectivity index (χ4n) is 2.06. The number of carboxylic acid groups (broad SMARTS) is 1. The van der Waals surface area contributed by atoms with E-state index in [1.54, 1.807) is 24.3 Å². The highest BCUT2D eigenvalue weighted by molar-refractivity contribution is 8.18. The monoisotopic (exact) mass is 356 g/mol. The molecule has 1 fully saturated rings. The molecular weight excluding hydrogens is 344 g/mol. The van der Waals surface area contributed by atoms with Crippen molar-refractivity contribution in [1.29, 1.82) is 0 Å². The summed E-state index contributed by atoms with van der Waals surface area (Å²) >= 11 is 1.12. The van der Waals surface area contributed by atoms with Crippen molar-refractivity contribution < 1.29 is 24.9 Å². The van der Waals surface area contributed by atoms with Gasteiger partial charge < -0.3 is 20.6 Å². The van der Waals surface area contributed by atoms with E-state index in [1.165, 1.54) is 24.3 Å². The van der Waals surface area contributed by atoms with E-state index in [-0.39, 0.29) is 23.0 Å². The fourth-order valence-corrected chi connectivity index (χ4v) is 2.90. The third-order valence-corrected chi connectivity index (χ3v) is 4.20. The van der Waals surface area contributed by atoms with Gasteiger partial charge in [0.15, 0.2) is 16.7 Å². The smallest absolute Gasteiger partial charge is 0.335 e. The average molecular weight is 356 g/mol. The van der Waals surface area contributed by atoms with Crippen LogP contribution >= 0.6 is 11.8 Å². The number of amidine groups is 1. The minimum atomic E-state index is -1.02. The molecule has 1 amide bonds. The number of aromatic hydroxyl groups is 2. The largest absolute Gasteiger partial charge is 0.504 e. The van der Waals surface area contributed by atoms with Crippen LogP contribution in [0.4, 0.5) is 5.69 Å². The second-order valence-corrected chi connectivity index (χ2v) is 6.11. The van der Waals surface area contributed by atoms with Crippen molar-refractivity contribution in [3.05, 3.63) is 58.5 Å². The van der Waals surface area contributed by atoms with Gasteiger partial charge in [0.1, 0.15) is 0 Å². The molecule has 7 nitrogen and oxygen atoms in total. The van der Waals surface area contributed by atoms with Crippen LogP contribution in [-0.2, 0) is 4.79 Å². The zero-order valence-corrected chi connectivity index (χ0v) is 13.4. The van der Waals surface area contributed by atoms with Crippen molar-refractivity contribution in [2.45, 2.75) is 0 Å². The fraction of sp³-hybridized carbons (Fsp3) is 0. The van der Waals surface area contributed by atoms with Crippen LogP contribution in [-0.4, -0.2) is 32.4 Å². The molecule has 1 saturated heterocycles. The van der Waals surface area contributed by atoms with E-state index in [0.717, 1.165) is 11.8 Å². The topological polar surface area (TPSA) is 119 Å². The minimum absolute atomic E-state index is 0.153. The molecule has 4 N–H and O–H groups in total. The van der Waals surface area contributed by atoms with Crippen molar-refractivity contribution in [1.82, 2.24) is 5.32 Å². The molecule has 2 aromatic carbocycles. The Balaban J connectivity index is 1.80. The highest BCUT2D eigenvalue weighted by atomic mass is 32.2. The number of rotatable bonds is 3. The maximum atomic E-state index is 12.0. The van der Waals surface area contributed by atoms with Crippen LogP contribution in [0.15, 0.2) is 52.4 Å².